The number of aromatic nitrogens is 2. The van der Waals surface area contributed by atoms with E-state index in [1.165, 1.54) is 12.1 Å². The molecule has 6 nitrogen and oxygen atoms in total. The van der Waals surface area contributed by atoms with Crippen LogP contribution >= 0.6 is 0 Å². The normalized spacial score (nSPS) is 30.6. The molecule has 2 aromatic rings. The van der Waals surface area contributed by atoms with Crippen LogP contribution in [0, 0.1) is 16.6 Å². The SMILES string of the molecule is O=C(N1N=CCC1c1cccc(F)c1)C12CC(COc3cnccn3)(C1)C2. The van der Waals surface area contributed by atoms with Crippen LogP contribution in [0.15, 0.2) is 48.0 Å². The molecule has 1 aromatic heterocycles. The van der Waals surface area contributed by atoms with Crippen LogP contribution in [0.3, 0.4) is 0 Å². The molecule has 2 heterocycles. The molecule has 1 unspecified atom stereocenters. The molecule has 3 aliphatic carbocycles. The van der Waals surface area contributed by atoms with Crippen LogP contribution in [0.2, 0.25) is 0 Å². The Hall–Kier alpha value is -2.83. The molecule has 6 rings (SSSR count). The van der Waals surface area contributed by atoms with Gasteiger partial charge in [-0.15, -0.1) is 0 Å². The monoisotopic (exact) mass is 366 g/mol. The summed E-state index contributed by atoms with van der Waals surface area (Å²) in [5.74, 6) is 0.266. The summed E-state index contributed by atoms with van der Waals surface area (Å²) in [5, 5.41) is 5.86. The van der Waals surface area contributed by atoms with Gasteiger partial charge in [-0.2, -0.15) is 5.10 Å². The van der Waals surface area contributed by atoms with Crippen molar-refractivity contribution in [2.24, 2.45) is 15.9 Å². The Morgan fingerprint density at radius 1 is 1.30 bits per heavy atom. The van der Waals surface area contributed by atoms with E-state index < -0.39 is 0 Å². The van der Waals surface area contributed by atoms with Crippen molar-refractivity contribution in [1.82, 2.24) is 15.0 Å². The van der Waals surface area contributed by atoms with Gasteiger partial charge in [-0.05, 0) is 37.0 Å². The summed E-state index contributed by atoms with van der Waals surface area (Å²) in [6.07, 6.45) is 9.57. The molecular formula is C20H19FN4O2. The minimum Gasteiger partial charge on any atom is -0.476 e. The topological polar surface area (TPSA) is 67.7 Å². The molecule has 1 aliphatic heterocycles. The van der Waals surface area contributed by atoms with Gasteiger partial charge in [0.2, 0.25) is 11.8 Å². The van der Waals surface area contributed by atoms with E-state index in [4.69, 9.17) is 4.74 Å². The fraction of sp³-hybridized carbons (Fsp3) is 0.400. The highest BCUT2D eigenvalue weighted by Gasteiger charge is 2.72. The van der Waals surface area contributed by atoms with Gasteiger partial charge in [0.25, 0.3) is 0 Å². The second kappa shape index (κ2) is 5.84. The van der Waals surface area contributed by atoms with Crippen molar-refractivity contribution < 1.29 is 13.9 Å². The number of amides is 1. The molecule has 2 bridgehead atoms. The summed E-state index contributed by atoms with van der Waals surface area (Å²) >= 11 is 0. The smallest absolute Gasteiger partial charge is 0.249 e. The van der Waals surface area contributed by atoms with Crippen molar-refractivity contribution in [1.29, 1.82) is 0 Å². The molecule has 138 valence electrons. The maximum Gasteiger partial charge on any atom is 0.249 e. The molecule has 3 fully saturated rings. The minimum atomic E-state index is -0.334. The van der Waals surface area contributed by atoms with Gasteiger partial charge in [0.15, 0.2) is 0 Å². The standard InChI is InChI=1S/C20H19FN4O2/c21-15-3-1-2-14(8-15)16-4-5-24-25(16)18(26)20-10-19(11-20,12-20)13-27-17-9-22-6-7-23-17/h1-3,5-9,16H,4,10-13H2. The number of ether oxygens (including phenoxy) is 1. The van der Waals surface area contributed by atoms with Gasteiger partial charge in [0.05, 0.1) is 24.3 Å². The molecule has 7 heteroatoms. The zero-order valence-corrected chi connectivity index (χ0v) is 14.7. The van der Waals surface area contributed by atoms with Crippen LogP contribution < -0.4 is 4.74 Å². The van der Waals surface area contributed by atoms with Crippen LogP contribution in [0.1, 0.15) is 37.3 Å². The van der Waals surface area contributed by atoms with Gasteiger partial charge in [0, 0.05) is 30.4 Å². The van der Waals surface area contributed by atoms with Crippen LogP contribution in [0.5, 0.6) is 5.88 Å². The molecule has 0 saturated heterocycles. The number of nitrogens with zero attached hydrogens (tertiary/aromatic N) is 4. The van der Waals surface area contributed by atoms with E-state index in [2.05, 4.69) is 15.1 Å². The van der Waals surface area contributed by atoms with Crippen molar-refractivity contribution in [3.8, 4) is 5.88 Å². The third kappa shape index (κ3) is 2.60. The molecule has 0 N–H and O–H groups in total. The Bertz CT molecular complexity index is 897. The summed E-state index contributed by atoms with van der Waals surface area (Å²) < 4.78 is 19.3. The molecule has 3 saturated carbocycles. The highest BCUT2D eigenvalue weighted by Crippen LogP contribution is 2.74. The van der Waals surface area contributed by atoms with Crippen molar-refractivity contribution in [3.63, 3.8) is 0 Å². The minimum absolute atomic E-state index is 0.0480. The number of rotatable bonds is 5. The Morgan fingerprint density at radius 2 is 2.15 bits per heavy atom. The number of carbonyl (C=O) groups is 1. The fourth-order valence-electron chi connectivity index (χ4n) is 4.81. The molecule has 4 aliphatic rings. The zero-order chi connectivity index (χ0) is 18.5. The number of hydrogen-bond donors (Lipinski definition) is 0. The van der Waals surface area contributed by atoms with Crippen molar-refractivity contribution in [2.45, 2.75) is 31.7 Å². The maximum atomic E-state index is 13.6. The van der Waals surface area contributed by atoms with Crippen LogP contribution in [-0.4, -0.2) is 33.7 Å². The van der Waals surface area contributed by atoms with Crippen molar-refractivity contribution in [3.05, 3.63) is 54.2 Å². The second-order valence-electron chi connectivity index (χ2n) is 7.90. The van der Waals surface area contributed by atoms with E-state index in [9.17, 15) is 9.18 Å². The van der Waals surface area contributed by atoms with Gasteiger partial charge < -0.3 is 4.74 Å². The van der Waals surface area contributed by atoms with E-state index in [0.29, 0.717) is 18.9 Å². The Morgan fingerprint density at radius 3 is 2.89 bits per heavy atom. The summed E-state index contributed by atoms with van der Waals surface area (Å²) in [4.78, 5) is 21.2. The first-order valence-electron chi connectivity index (χ1n) is 9.10. The van der Waals surface area contributed by atoms with E-state index in [1.807, 2.05) is 6.07 Å². The zero-order valence-electron chi connectivity index (χ0n) is 14.7. The van der Waals surface area contributed by atoms with Crippen LogP contribution in [0.4, 0.5) is 4.39 Å². The predicted octanol–water partition coefficient (Wildman–Crippen LogP) is 3.12. The third-order valence-electron chi connectivity index (χ3n) is 5.93. The second-order valence-corrected chi connectivity index (χ2v) is 7.90. The third-order valence-corrected chi connectivity index (χ3v) is 5.93. The number of hydrogen-bond acceptors (Lipinski definition) is 5. The highest BCUT2D eigenvalue weighted by molar-refractivity contribution is 5.88. The Balaban J connectivity index is 1.23. The van der Waals surface area contributed by atoms with E-state index >= 15 is 0 Å². The summed E-state index contributed by atoms with van der Waals surface area (Å²) in [6.45, 7) is 0.553. The number of hydrazone groups is 1. The Kier molecular flexibility index (Phi) is 3.54. The molecule has 1 atom stereocenters. The molecular weight excluding hydrogens is 347 g/mol. The number of halogens is 1. The summed E-state index contributed by atoms with van der Waals surface area (Å²) in [5.41, 5.74) is 0.511. The lowest BCUT2D eigenvalue weighted by Gasteiger charge is -2.69. The van der Waals surface area contributed by atoms with E-state index in [-0.39, 0.29) is 28.6 Å². The fourth-order valence-corrected chi connectivity index (χ4v) is 4.81. The lowest BCUT2D eigenvalue weighted by molar-refractivity contribution is -0.227. The molecule has 0 spiro atoms. The Labute approximate surface area is 156 Å². The van der Waals surface area contributed by atoms with Crippen LogP contribution in [0.25, 0.3) is 0 Å². The van der Waals surface area contributed by atoms with Crippen molar-refractivity contribution in [2.75, 3.05) is 6.61 Å². The molecule has 1 amide bonds. The largest absolute Gasteiger partial charge is 0.476 e. The average molecular weight is 366 g/mol. The first-order valence-corrected chi connectivity index (χ1v) is 9.10. The molecule has 0 radical (unpaired) electrons. The van der Waals surface area contributed by atoms with Gasteiger partial charge in [-0.25, -0.2) is 14.4 Å². The first kappa shape index (κ1) is 16.4. The maximum absolute atomic E-state index is 13.6. The quantitative estimate of drug-likeness (QED) is 0.815. The lowest BCUT2D eigenvalue weighted by atomic mass is 9.35. The lowest BCUT2D eigenvalue weighted by Crippen LogP contribution is -2.69. The molecule has 1 aromatic carbocycles. The molecule has 27 heavy (non-hydrogen) atoms. The van der Waals surface area contributed by atoms with E-state index in [1.54, 1.807) is 35.9 Å². The summed E-state index contributed by atoms with van der Waals surface area (Å²) in [7, 11) is 0. The van der Waals surface area contributed by atoms with Crippen molar-refractivity contribution >= 4 is 12.1 Å². The average Bonchev–Trinajstić information content (AvgIpc) is 3.10. The van der Waals surface area contributed by atoms with Gasteiger partial charge in [-0.3, -0.25) is 9.78 Å². The van der Waals surface area contributed by atoms with Gasteiger partial charge >= 0.3 is 0 Å². The van der Waals surface area contributed by atoms with Gasteiger partial charge in [-0.1, -0.05) is 12.1 Å². The van der Waals surface area contributed by atoms with Crippen LogP contribution in [-0.2, 0) is 4.79 Å². The van der Waals surface area contributed by atoms with E-state index in [0.717, 1.165) is 24.8 Å². The first-order chi connectivity index (χ1) is 13.1. The van der Waals surface area contributed by atoms with Gasteiger partial charge in [0.1, 0.15) is 5.82 Å². The number of benzene rings is 1. The highest BCUT2D eigenvalue weighted by atomic mass is 19.1. The summed E-state index contributed by atoms with van der Waals surface area (Å²) in [6, 6.07) is 6.20. The predicted molar refractivity (Wildman–Crippen MR) is 95.3 cm³/mol. The number of carbonyl (C=O) groups excluding carboxylic acids is 1.